The van der Waals surface area contributed by atoms with Crippen LogP contribution in [0.2, 0.25) is 5.02 Å². The highest BCUT2D eigenvalue weighted by atomic mass is 35.5. The first kappa shape index (κ1) is 23.3. The van der Waals surface area contributed by atoms with Gasteiger partial charge in [-0.25, -0.2) is 18.4 Å². The van der Waals surface area contributed by atoms with Gasteiger partial charge in [-0.3, -0.25) is 0 Å². The smallest absolute Gasteiger partial charge is 0.243 e. The highest BCUT2D eigenvalue weighted by Crippen LogP contribution is 2.29. The summed E-state index contributed by atoms with van der Waals surface area (Å²) in [5.41, 5.74) is 2.13. The van der Waals surface area contributed by atoms with E-state index >= 15 is 0 Å². The molecule has 2 aromatic carbocycles. The number of hydrogen-bond donors (Lipinski definition) is 1. The Morgan fingerprint density at radius 2 is 1.67 bits per heavy atom. The number of aryl methyl sites for hydroxylation is 2. The highest BCUT2D eigenvalue weighted by Gasteiger charge is 2.29. The minimum absolute atomic E-state index is 0.157. The average Bonchev–Trinajstić information content (AvgIpc) is 2.80. The summed E-state index contributed by atoms with van der Waals surface area (Å²) in [6.45, 7) is 5.61. The maximum absolute atomic E-state index is 13.1. The second-order valence-corrected chi connectivity index (χ2v) is 10.2. The monoisotopic (exact) mass is 487 g/mol. The molecule has 10 heteroatoms. The molecule has 0 unspecified atom stereocenters. The third kappa shape index (κ3) is 5.21. The van der Waals surface area contributed by atoms with Crippen molar-refractivity contribution < 1.29 is 13.2 Å². The number of rotatable bonds is 6. The SMILES string of the molecule is COc1ccc(S(=O)(=O)N2CCN(c3cc(Nc4ccc(C)cc4)nc(C)n3)CC2)cc1Cl. The number of anilines is 3. The van der Waals surface area contributed by atoms with E-state index in [1.807, 2.05) is 44.2 Å². The topological polar surface area (TPSA) is 87.7 Å². The molecular formula is C23H26ClN5O3S. The van der Waals surface area contributed by atoms with Gasteiger partial charge in [-0.15, -0.1) is 0 Å². The molecule has 8 nitrogen and oxygen atoms in total. The van der Waals surface area contributed by atoms with Crippen molar-refractivity contribution in [3.05, 3.63) is 64.9 Å². The number of halogens is 1. The summed E-state index contributed by atoms with van der Waals surface area (Å²) in [5, 5.41) is 3.58. The number of methoxy groups -OCH3 is 1. The molecule has 1 fully saturated rings. The number of benzene rings is 2. The molecular weight excluding hydrogens is 462 g/mol. The van der Waals surface area contributed by atoms with E-state index in [0.29, 0.717) is 43.6 Å². The number of sulfonamides is 1. The van der Waals surface area contributed by atoms with Gasteiger partial charge in [0.1, 0.15) is 23.2 Å². The van der Waals surface area contributed by atoms with E-state index in [0.717, 1.165) is 11.5 Å². The van der Waals surface area contributed by atoms with Gasteiger partial charge in [0.15, 0.2) is 0 Å². The van der Waals surface area contributed by atoms with E-state index < -0.39 is 10.0 Å². The summed E-state index contributed by atoms with van der Waals surface area (Å²) in [5.74, 6) is 2.55. The van der Waals surface area contributed by atoms with Crippen LogP contribution in [-0.2, 0) is 10.0 Å². The van der Waals surface area contributed by atoms with Crippen molar-refractivity contribution in [2.24, 2.45) is 0 Å². The number of hydrogen-bond acceptors (Lipinski definition) is 7. The maximum Gasteiger partial charge on any atom is 0.243 e. The molecule has 33 heavy (non-hydrogen) atoms. The predicted octanol–water partition coefficient (Wildman–Crippen LogP) is 4.01. The van der Waals surface area contributed by atoms with Gasteiger partial charge in [0.25, 0.3) is 0 Å². The summed E-state index contributed by atoms with van der Waals surface area (Å²) >= 11 is 6.14. The van der Waals surface area contributed by atoms with Crippen molar-refractivity contribution in [2.45, 2.75) is 18.7 Å². The number of nitrogens with one attached hydrogen (secondary N) is 1. The zero-order valence-corrected chi connectivity index (χ0v) is 20.3. The summed E-state index contributed by atoms with van der Waals surface area (Å²) in [6.07, 6.45) is 0. The molecule has 4 rings (SSSR count). The van der Waals surface area contributed by atoms with Crippen LogP contribution in [0.15, 0.2) is 53.4 Å². The Hall–Kier alpha value is -2.88. The molecule has 1 aromatic heterocycles. The van der Waals surface area contributed by atoms with E-state index in [4.69, 9.17) is 16.3 Å². The van der Waals surface area contributed by atoms with Crippen LogP contribution in [0.4, 0.5) is 17.3 Å². The predicted molar refractivity (Wildman–Crippen MR) is 130 cm³/mol. The first-order chi connectivity index (χ1) is 15.8. The normalized spacial score (nSPS) is 14.8. The van der Waals surface area contributed by atoms with E-state index in [-0.39, 0.29) is 9.92 Å². The van der Waals surface area contributed by atoms with Crippen LogP contribution in [0.3, 0.4) is 0 Å². The summed E-state index contributed by atoms with van der Waals surface area (Å²) in [6, 6.07) is 14.5. The first-order valence-electron chi connectivity index (χ1n) is 10.5. The zero-order chi connectivity index (χ0) is 23.6. The lowest BCUT2D eigenvalue weighted by Crippen LogP contribution is -2.49. The Balaban J connectivity index is 1.46. The summed E-state index contributed by atoms with van der Waals surface area (Å²) in [7, 11) is -2.16. The third-order valence-electron chi connectivity index (χ3n) is 5.47. The lowest BCUT2D eigenvalue weighted by atomic mass is 10.2. The van der Waals surface area contributed by atoms with Crippen LogP contribution in [-0.4, -0.2) is 56.0 Å². The molecule has 1 aliphatic rings. The quantitative estimate of drug-likeness (QED) is 0.562. The van der Waals surface area contributed by atoms with Crippen molar-refractivity contribution in [2.75, 3.05) is 43.5 Å². The minimum atomic E-state index is -3.65. The van der Waals surface area contributed by atoms with Crippen LogP contribution in [0.5, 0.6) is 5.75 Å². The second-order valence-electron chi connectivity index (χ2n) is 7.84. The molecule has 1 saturated heterocycles. The molecule has 1 N–H and O–H groups in total. The van der Waals surface area contributed by atoms with Gasteiger partial charge >= 0.3 is 0 Å². The minimum Gasteiger partial charge on any atom is -0.495 e. The number of aromatic nitrogens is 2. The Labute approximate surface area is 199 Å². The molecule has 174 valence electrons. The van der Waals surface area contributed by atoms with Crippen molar-refractivity contribution in [3.63, 3.8) is 0 Å². The summed E-state index contributed by atoms with van der Waals surface area (Å²) in [4.78, 5) is 11.3. The van der Waals surface area contributed by atoms with E-state index in [1.54, 1.807) is 6.07 Å². The lowest BCUT2D eigenvalue weighted by molar-refractivity contribution is 0.383. The fourth-order valence-corrected chi connectivity index (χ4v) is 5.45. The van der Waals surface area contributed by atoms with Crippen LogP contribution in [0.25, 0.3) is 0 Å². The molecule has 0 saturated carbocycles. The molecule has 0 radical (unpaired) electrons. The molecule has 0 atom stereocenters. The van der Waals surface area contributed by atoms with Crippen LogP contribution < -0.4 is 15.0 Å². The maximum atomic E-state index is 13.1. The Morgan fingerprint density at radius 3 is 2.30 bits per heavy atom. The van der Waals surface area contributed by atoms with Gasteiger partial charge in [-0.2, -0.15) is 4.31 Å². The van der Waals surface area contributed by atoms with Gasteiger partial charge in [0.2, 0.25) is 10.0 Å². The lowest BCUT2D eigenvalue weighted by Gasteiger charge is -2.34. The fraction of sp³-hybridized carbons (Fsp3) is 0.304. The van der Waals surface area contributed by atoms with Crippen molar-refractivity contribution in [1.29, 1.82) is 0 Å². The third-order valence-corrected chi connectivity index (χ3v) is 7.66. The average molecular weight is 488 g/mol. The van der Waals surface area contributed by atoms with Crippen molar-refractivity contribution in [3.8, 4) is 5.75 Å². The fourth-order valence-electron chi connectivity index (χ4n) is 3.68. The zero-order valence-electron chi connectivity index (χ0n) is 18.7. The molecule has 0 aliphatic carbocycles. The number of nitrogens with zero attached hydrogens (tertiary/aromatic N) is 4. The molecule has 3 aromatic rings. The Bertz CT molecular complexity index is 1240. The number of ether oxygens (including phenoxy) is 1. The van der Waals surface area contributed by atoms with E-state index in [9.17, 15) is 8.42 Å². The van der Waals surface area contributed by atoms with Gasteiger partial charge in [0, 0.05) is 37.9 Å². The molecule has 0 amide bonds. The van der Waals surface area contributed by atoms with Gasteiger partial charge in [-0.05, 0) is 44.2 Å². The first-order valence-corrected chi connectivity index (χ1v) is 12.4. The van der Waals surface area contributed by atoms with Gasteiger partial charge in [-0.1, -0.05) is 29.3 Å². The van der Waals surface area contributed by atoms with Gasteiger partial charge in [0.05, 0.1) is 17.0 Å². The number of piperazine rings is 1. The van der Waals surface area contributed by atoms with Crippen LogP contribution in [0.1, 0.15) is 11.4 Å². The highest BCUT2D eigenvalue weighted by molar-refractivity contribution is 7.89. The van der Waals surface area contributed by atoms with Crippen molar-refractivity contribution >= 4 is 38.9 Å². The molecule has 1 aliphatic heterocycles. The molecule has 0 bridgehead atoms. The Morgan fingerprint density at radius 1 is 0.970 bits per heavy atom. The standard InChI is InChI=1S/C23H26ClN5O3S/c1-16-4-6-18(7-5-16)27-22-15-23(26-17(2)25-22)28-10-12-29(13-11-28)33(30,31)19-8-9-21(32-3)20(24)14-19/h4-9,14-15H,10-13H2,1-3H3,(H,25,26,27). The molecule has 0 spiro atoms. The largest absolute Gasteiger partial charge is 0.495 e. The summed E-state index contributed by atoms with van der Waals surface area (Å²) < 4.78 is 32.8. The Kier molecular flexibility index (Phi) is 6.73. The van der Waals surface area contributed by atoms with Crippen LogP contribution >= 0.6 is 11.6 Å². The second kappa shape index (κ2) is 9.54. The van der Waals surface area contributed by atoms with E-state index in [2.05, 4.69) is 20.2 Å². The van der Waals surface area contributed by atoms with Crippen LogP contribution in [0, 0.1) is 13.8 Å². The molecule has 2 heterocycles. The van der Waals surface area contributed by atoms with Crippen molar-refractivity contribution in [1.82, 2.24) is 14.3 Å². The van der Waals surface area contributed by atoms with E-state index in [1.165, 1.54) is 29.1 Å². The van der Waals surface area contributed by atoms with Gasteiger partial charge < -0.3 is 15.0 Å².